The summed E-state index contributed by atoms with van der Waals surface area (Å²) < 4.78 is 1.88. The Morgan fingerprint density at radius 3 is 3.07 bits per heavy atom. The molecule has 0 aliphatic carbocycles. The van der Waals surface area contributed by atoms with Crippen LogP contribution in [-0.2, 0) is 7.05 Å². The van der Waals surface area contributed by atoms with E-state index in [1.54, 1.807) is 0 Å². The smallest absolute Gasteiger partial charge is 0.123 e. The van der Waals surface area contributed by atoms with E-state index in [0.29, 0.717) is 5.41 Å². The molecule has 84 valence electrons. The van der Waals surface area contributed by atoms with E-state index in [1.165, 1.54) is 12.8 Å². The van der Waals surface area contributed by atoms with Crippen molar-refractivity contribution in [2.24, 2.45) is 12.5 Å². The molecule has 1 atom stereocenters. The van der Waals surface area contributed by atoms with Crippen LogP contribution in [0.4, 0.5) is 5.82 Å². The molecule has 1 fully saturated rings. The first kappa shape index (κ1) is 10.5. The Kier molecular flexibility index (Phi) is 2.95. The fourth-order valence-electron chi connectivity index (χ4n) is 2.20. The van der Waals surface area contributed by atoms with E-state index in [9.17, 15) is 0 Å². The number of hydrogen-bond donors (Lipinski definition) is 2. The third kappa shape index (κ3) is 2.15. The Morgan fingerprint density at radius 1 is 1.67 bits per heavy atom. The predicted octanol–water partition coefficient (Wildman–Crippen LogP) is 1.22. The van der Waals surface area contributed by atoms with E-state index >= 15 is 0 Å². The van der Waals surface area contributed by atoms with Gasteiger partial charge in [-0.2, -0.15) is 5.10 Å². The molecule has 2 N–H and O–H groups in total. The third-order valence-corrected chi connectivity index (χ3v) is 3.55. The zero-order valence-corrected chi connectivity index (χ0v) is 9.58. The van der Waals surface area contributed by atoms with Crippen molar-refractivity contribution in [3.63, 3.8) is 0 Å². The number of anilines is 1. The Labute approximate surface area is 91.1 Å². The summed E-state index contributed by atoms with van der Waals surface area (Å²) in [6.45, 7) is 5.60. The molecule has 0 radical (unpaired) electrons. The van der Waals surface area contributed by atoms with Gasteiger partial charge in [-0.25, -0.2) is 0 Å². The molecule has 1 aromatic heterocycles. The van der Waals surface area contributed by atoms with Crippen molar-refractivity contribution in [2.45, 2.75) is 19.8 Å². The van der Waals surface area contributed by atoms with Gasteiger partial charge in [0.05, 0.1) is 6.20 Å². The summed E-state index contributed by atoms with van der Waals surface area (Å²) in [5, 5.41) is 11.1. The van der Waals surface area contributed by atoms with Gasteiger partial charge in [-0.1, -0.05) is 6.92 Å². The Bertz CT molecular complexity index is 312. The molecular weight excluding hydrogens is 188 g/mol. The zero-order valence-electron chi connectivity index (χ0n) is 9.58. The quantitative estimate of drug-likeness (QED) is 0.782. The van der Waals surface area contributed by atoms with Gasteiger partial charge in [0.15, 0.2) is 0 Å². The Balaban J connectivity index is 1.94. The molecule has 1 saturated heterocycles. The van der Waals surface area contributed by atoms with Crippen molar-refractivity contribution in [3.8, 4) is 0 Å². The first-order valence-electron chi connectivity index (χ1n) is 5.68. The van der Waals surface area contributed by atoms with Crippen LogP contribution >= 0.6 is 0 Å². The normalized spacial score (nSPS) is 25.7. The van der Waals surface area contributed by atoms with E-state index in [-0.39, 0.29) is 0 Å². The minimum Gasteiger partial charge on any atom is -0.370 e. The Hall–Kier alpha value is -1.03. The molecule has 0 bridgehead atoms. The summed E-state index contributed by atoms with van der Waals surface area (Å²) >= 11 is 0. The lowest BCUT2D eigenvalue weighted by Crippen LogP contribution is -2.31. The summed E-state index contributed by atoms with van der Waals surface area (Å²) in [5.74, 6) is 1.11. The molecule has 0 saturated carbocycles. The molecule has 1 aromatic rings. The predicted molar refractivity (Wildman–Crippen MR) is 61.9 cm³/mol. The second-order valence-corrected chi connectivity index (χ2v) is 4.47. The van der Waals surface area contributed by atoms with Crippen LogP contribution in [0.2, 0.25) is 0 Å². The molecule has 0 aromatic carbocycles. The maximum atomic E-state index is 4.15. The number of rotatable bonds is 4. The number of nitrogens with zero attached hydrogens (tertiary/aromatic N) is 2. The van der Waals surface area contributed by atoms with Gasteiger partial charge < -0.3 is 10.6 Å². The fraction of sp³-hybridized carbons (Fsp3) is 0.727. The van der Waals surface area contributed by atoms with E-state index in [2.05, 4.69) is 22.7 Å². The number of hydrogen-bond acceptors (Lipinski definition) is 3. The van der Waals surface area contributed by atoms with E-state index in [0.717, 1.165) is 25.5 Å². The molecular formula is C11H20N4. The highest BCUT2D eigenvalue weighted by Crippen LogP contribution is 2.29. The molecule has 1 aliphatic heterocycles. The van der Waals surface area contributed by atoms with Gasteiger partial charge in [0.1, 0.15) is 5.82 Å². The zero-order chi connectivity index (χ0) is 10.7. The lowest BCUT2D eigenvalue weighted by atomic mass is 9.84. The summed E-state index contributed by atoms with van der Waals surface area (Å²) in [4.78, 5) is 0. The van der Waals surface area contributed by atoms with Crippen LogP contribution in [0.5, 0.6) is 0 Å². The molecule has 0 spiro atoms. The third-order valence-electron chi connectivity index (χ3n) is 3.55. The van der Waals surface area contributed by atoms with Crippen molar-refractivity contribution in [2.75, 3.05) is 25.0 Å². The molecule has 4 heteroatoms. The summed E-state index contributed by atoms with van der Waals surface area (Å²) in [6.07, 6.45) is 4.33. The minimum absolute atomic E-state index is 0.435. The van der Waals surface area contributed by atoms with Crippen molar-refractivity contribution < 1.29 is 0 Å². The van der Waals surface area contributed by atoms with Crippen LogP contribution in [-0.4, -0.2) is 29.4 Å². The van der Waals surface area contributed by atoms with Gasteiger partial charge >= 0.3 is 0 Å². The topological polar surface area (TPSA) is 41.9 Å². The monoisotopic (exact) mass is 208 g/mol. The molecule has 0 amide bonds. The van der Waals surface area contributed by atoms with Crippen LogP contribution in [0.1, 0.15) is 19.8 Å². The van der Waals surface area contributed by atoms with Gasteiger partial charge in [0, 0.05) is 31.6 Å². The minimum atomic E-state index is 0.435. The van der Waals surface area contributed by atoms with Crippen molar-refractivity contribution in [1.82, 2.24) is 15.1 Å². The van der Waals surface area contributed by atoms with Gasteiger partial charge in [0.25, 0.3) is 0 Å². The second kappa shape index (κ2) is 4.23. The van der Waals surface area contributed by atoms with Gasteiger partial charge in [0.2, 0.25) is 0 Å². The lowest BCUT2D eigenvalue weighted by Gasteiger charge is -2.27. The van der Waals surface area contributed by atoms with Crippen LogP contribution in [0.3, 0.4) is 0 Å². The lowest BCUT2D eigenvalue weighted by molar-refractivity contribution is 0.332. The first-order valence-corrected chi connectivity index (χ1v) is 5.68. The van der Waals surface area contributed by atoms with Crippen LogP contribution in [0.15, 0.2) is 12.3 Å². The summed E-state index contributed by atoms with van der Waals surface area (Å²) in [7, 11) is 1.97. The molecule has 2 rings (SSSR count). The van der Waals surface area contributed by atoms with E-state index in [4.69, 9.17) is 0 Å². The molecule has 1 aliphatic rings. The second-order valence-electron chi connectivity index (χ2n) is 4.47. The van der Waals surface area contributed by atoms with Crippen LogP contribution < -0.4 is 10.6 Å². The van der Waals surface area contributed by atoms with Crippen molar-refractivity contribution >= 4 is 5.82 Å². The average Bonchev–Trinajstić information content (AvgIpc) is 2.85. The highest BCUT2D eigenvalue weighted by Gasteiger charge is 2.31. The van der Waals surface area contributed by atoms with Crippen LogP contribution in [0.25, 0.3) is 0 Å². The summed E-state index contributed by atoms with van der Waals surface area (Å²) in [6, 6.07) is 2.02. The molecule has 1 unspecified atom stereocenters. The van der Waals surface area contributed by atoms with E-state index < -0.39 is 0 Å². The highest BCUT2D eigenvalue weighted by atomic mass is 15.3. The Morgan fingerprint density at radius 2 is 2.53 bits per heavy atom. The average molecular weight is 208 g/mol. The SMILES string of the molecule is CCC1(CNc2ccnn2C)CCNC1. The number of aryl methyl sites for hydroxylation is 1. The first-order chi connectivity index (χ1) is 7.26. The van der Waals surface area contributed by atoms with Gasteiger partial charge in [-0.15, -0.1) is 0 Å². The van der Waals surface area contributed by atoms with Crippen molar-refractivity contribution in [1.29, 1.82) is 0 Å². The maximum Gasteiger partial charge on any atom is 0.123 e. The fourth-order valence-corrected chi connectivity index (χ4v) is 2.20. The van der Waals surface area contributed by atoms with Crippen LogP contribution in [0, 0.1) is 5.41 Å². The van der Waals surface area contributed by atoms with Crippen molar-refractivity contribution in [3.05, 3.63) is 12.3 Å². The highest BCUT2D eigenvalue weighted by molar-refractivity contribution is 5.33. The molecule has 15 heavy (non-hydrogen) atoms. The number of aromatic nitrogens is 2. The number of nitrogens with one attached hydrogen (secondary N) is 2. The molecule has 4 nitrogen and oxygen atoms in total. The van der Waals surface area contributed by atoms with E-state index in [1.807, 2.05) is 24.0 Å². The molecule has 2 heterocycles. The standard InChI is InChI=1S/C11H20N4/c1-3-11(5-7-12-8-11)9-13-10-4-6-14-15(10)2/h4,6,12-13H,3,5,7-9H2,1-2H3. The van der Waals surface area contributed by atoms with Gasteiger partial charge in [-0.3, -0.25) is 4.68 Å². The maximum absolute atomic E-state index is 4.15. The van der Waals surface area contributed by atoms with Gasteiger partial charge in [-0.05, 0) is 19.4 Å². The largest absolute Gasteiger partial charge is 0.370 e. The summed E-state index contributed by atoms with van der Waals surface area (Å²) in [5.41, 5.74) is 0.435.